The van der Waals surface area contributed by atoms with Crippen molar-refractivity contribution in [1.82, 2.24) is 10.3 Å². The molecule has 1 amide bonds. The predicted octanol–water partition coefficient (Wildman–Crippen LogP) is 3.30. The van der Waals surface area contributed by atoms with Crippen molar-refractivity contribution in [3.05, 3.63) is 65.0 Å². The van der Waals surface area contributed by atoms with E-state index in [9.17, 15) is 4.79 Å². The highest BCUT2D eigenvalue weighted by molar-refractivity contribution is 5.79. The molecule has 1 N–H and O–H groups in total. The zero-order valence-corrected chi connectivity index (χ0v) is 12.7. The molecule has 0 atom stereocenters. The quantitative estimate of drug-likeness (QED) is 0.803. The fraction of sp³-hybridized carbons (Fsp3) is 0.222. The van der Waals surface area contributed by atoms with Crippen LogP contribution in [0.4, 0.5) is 0 Å². The lowest BCUT2D eigenvalue weighted by Crippen LogP contribution is -2.24. The number of benzene rings is 2. The van der Waals surface area contributed by atoms with E-state index in [1.165, 1.54) is 0 Å². The topological polar surface area (TPSA) is 55.1 Å². The summed E-state index contributed by atoms with van der Waals surface area (Å²) in [6.07, 6.45) is 0.401. The van der Waals surface area contributed by atoms with Crippen molar-refractivity contribution in [3.63, 3.8) is 0 Å². The van der Waals surface area contributed by atoms with Gasteiger partial charge < -0.3 is 9.73 Å². The van der Waals surface area contributed by atoms with Crippen LogP contribution in [0.3, 0.4) is 0 Å². The molecule has 112 valence electrons. The monoisotopic (exact) mass is 294 g/mol. The summed E-state index contributed by atoms with van der Waals surface area (Å²) >= 11 is 0. The van der Waals surface area contributed by atoms with E-state index in [1.54, 1.807) is 0 Å². The fourth-order valence-electron chi connectivity index (χ4n) is 2.44. The summed E-state index contributed by atoms with van der Waals surface area (Å²) in [7, 11) is 0. The number of aryl methyl sites for hydroxylation is 2. The summed E-state index contributed by atoms with van der Waals surface area (Å²) in [5.74, 6) is 0.668. The van der Waals surface area contributed by atoms with Crippen LogP contribution in [-0.4, -0.2) is 10.9 Å². The molecule has 1 heterocycles. The second-order valence-corrected chi connectivity index (χ2v) is 5.41. The third kappa shape index (κ3) is 3.17. The molecule has 4 nitrogen and oxygen atoms in total. The largest absolute Gasteiger partial charge is 0.441 e. The summed E-state index contributed by atoms with van der Waals surface area (Å²) in [6, 6.07) is 13.7. The van der Waals surface area contributed by atoms with Gasteiger partial charge in [0.1, 0.15) is 5.52 Å². The average molecular weight is 294 g/mol. The Morgan fingerprint density at radius 3 is 2.82 bits per heavy atom. The third-order valence-corrected chi connectivity index (χ3v) is 3.66. The first kappa shape index (κ1) is 14.3. The number of hydrogen-bond acceptors (Lipinski definition) is 3. The molecular formula is C18H18N2O2. The summed E-state index contributed by atoms with van der Waals surface area (Å²) < 4.78 is 5.44. The number of carbonyl (C=O) groups excluding carboxylic acids is 1. The SMILES string of the molecule is Cc1nc2cc(CNC(=O)Cc3ccccc3C)ccc2o1. The van der Waals surface area contributed by atoms with Gasteiger partial charge in [-0.2, -0.15) is 0 Å². The Bertz CT molecular complexity index is 821. The summed E-state index contributed by atoms with van der Waals surface area (Å²) in [4.78, 5) is 16.4. The van der Waals surface area contributed by atoms with Crippen LogP contribution < -0.4 is 5.32 Å². The first-order chi connectivity index (χ1) is 10.6. The molecule has 0 aliphatic carbocycles. The lowest BCUT2D eigenvalue weighted by Gasteiger charge is -2.07. The van der Waals surface area contributed by atoms with E-state index in [-0.39, 0.29) is 5.91 Å². The van der Waals surface area contributed by atoms with E-state index in [0.717, 1.165) is 27.8 Å². The van der Waals surface area contributed by atoms with Gasteiger partial charge in [0.05, 0.1) is 6.42 Å². The zero-order chi connectivity index (χ0) is 15.5. The Balaban J connectivity index is 1.63. The van der Waals surface area contributed by atoms with Crippen LogP contribution in [0, 0.1) is 13.8 Å². The summed E-state index contributed by atoms with van der Waals surface area (Å²) in [5.41, 5.74) is 4.80. The number of nitrogens with one attached hydrogen (secondary N) is 1. The van der Waals surface area contributed by atoms with Crippen molar-refractivity contribution in [2.75, 3.05) is 0 Å². The van der Waals surface area contributed by atoms with Crippen LogP contribution in [-0.2, 0) is 17.8 Å². The second-order valence-electron chi connectivity index (χ2n) is 5.41. The van der Waals surface area contributed by atoms with Crippen LogP contribution in [0.2, 0.25) is 0 Å². The van der Waals surface area contributed by atoms with Gasteiger partial charge in [-0.05, 0) is 35.7 Å². The molecule has 3 aromatic rings. The van der Waals surface area contributed by atoms with Crippen molar-refractivity contribution in [2.45, 2.75) is 26.8 Å². The molecular weight excluding hydrogens is 276 g/mol. The van der Waals surface area contributed by atoms with Crippen LogP contribution in [0.25, 0.3) is 11.1 Å². The van der Waals surface area contributed by atoms with Crippen molar-refractivity contribution in [2.24, 2.45) is 0 Å². The second kappa shape index (κ2) is 6.02. The average Bonchev–Trinajstić information content (AvgIpc) is 2.87. The lowest BCUT2D eigenvalue weighted by atomic mass is 10.1. The van der Waals surface area contributed by atoms with E-state index in [4.69, 9.17) is 4.42 Å². The summed E-state index contributed by atoms with van der Waals surface area (Å²) in [6.45, 7) is 4.33. The van der Waals surface area contributed by atoms with Gasteiger partial charge in [0.2, 0.25) is 5.91 Å². The Labute approximate surface area is 129 Å². The molecule has 0 aliphatic rings. The Morgan fingerprint density at radius 1 is 1.18 bits per heavy atom. The first-order valence-electron chi connectivity index (χ1n) is 7.29. The van der Waals surface area contributed by atoms with Gasteiger partial charge in [-0.25, -0.2) is 4.98 Å². The van der Waals surface area contributed by atoms with Gasteiger partial charge in [-0.1, -0.05) is 30.3 Å². The number of fused-ring (bicyclic) bond motifs is 1. The van der Waals surface area contributed by atoms with Crippen molar-refractivity contribution in [1.29, 1.82) is 0 Å². The van der Waals surface area contributed by atoms with E-state index in [2.05, 4.69) is 10.3 Å². The van der Waals surface area contributed by atoms with E-state index >= 15 is 0 Å². The van der Waals surface area contributed by atoms with E-state index < -0.39 is 0 Å². The number of oxazole rings is 1. The van der Waals surface area contributed by atoms with Crippen molar-refractivity contribution in [3.8, 4) is 0 Å². The predicted molar refractivity (Wildman–Crippen MR) is 85.5 cm³/mol. The number of amides is 1. The highest BCUT2D eigenvalue weighted by Crippen LogP contribution is 2.16. The van der Waals surface area contributed by atoms with E-state index in [1.807, 2.05) is 56.3 Å². The molecule has 0 fully saturated rings. The van der Waals surface area contributed by atoms with Gasteiger partial charge in [-0.3, -0.25) is 4.79 Å². The minimum atomic E-state index is 0.0192. The van der Waals surface area contributed by atoms with Gasteiger partial charge in [0, 0.05) is 13.5 Å². The van der Waals surface area contributed by atoms with Crippen LogP contribution in [0.1, 0.15) is 22.6 Å². The molecule has 0 bridgehead atoms. The molecule has 0 radical (unpaired) electrons. The zero-order valence-electron chi connectivity index (χ0n) is 12.7. The van der Waals surface area contributed by atoms with Crippen LogP contribution >= 0.6 is 0 Å². The fourth-order valence-corrected chi connectivity index (χ4v) is 2.44. The maximum absolute atomic E-state index is 12.1. The smallest absolute Gasteiger partial charge is 0.224 e. The maximum Gasteiger partial charge on any atom is 0.224 e. The Morgan fingerprint density at radius 2 is 2.00 bits per heavy atom. The molecule has 3 rings (SSSR count). The molecule has 2 aromatic carbocycles. The van der Waals surface area contributed by atoms with E-state index in [0.29, 0.717) is 18.9 Å². The summed E-state index contributed by atoms with van der Waals surface area (Å²) in [5, 5.41) is 2.95. The molecule has 0 saturated carbocycles. The minimum absolute atomic E-state index is 0.0192. The van der Waals surface area contributed by atoms with Gasteiger partial charge >= 0.3 is 0 Å². The molecule has 0 saturated heterocycles. The molecule has 0 unspecified atom stereocenters. The Kier molecular flexibility index (Phi) is 3.92. The molecule has 4 heteroatoms. The van der Waals surface area contributed by atoms with Crippen LogP contribution in [0.5, 0.6) is 0 Å². The highest BCUT2D eigenvalue weighted by atomic mass is 16.3. The Hall–Kier alpha value is -2.62. The molecule has 22 heavy (non-hydrogen) atoms. The number of nitrogens with zero attached hydrogens (tertiary/aromatic N) is 1. The van der Waals surface area contributed by atoms with Gasteiger partial charge in [-0.15, -0.1) is 0 Å². The van der Waals surface area contributed by atoms with Gasteiger partial charge in [0.25, 0.3) is 0 Å². The standard InChI is InChI=1S/C18H18N2O2/c1-12-5-3-4-6-15(12)10-18(21)19-11-14-7-8-17-16(9-14)20-13(2)22-17/h3-9H,10-11H2,1-2H3,(H,19,21). The number of rotatable bonds is 4. The highest BCUT2D eigenvalue weighted by Gasteiger charge is 2.07. The molecule has 1 aromatic heterocycles. The molecule has 0 aliphatic heterocycles. The number of carbonyl (C=O) groups is 1. The van der Waals surface area contributed by atoms with Crippen molar-refractivity contribution >= 4 is 17.0 Å². The molecule has 0 spiro atoms. The number of hydrogen-bond donors (Lipinski definition) is 1. The third-order valence-electron chi connectivity index (χ3n) is 3.66. The maximum atomic E-state index is 12.1. The van der Waals surface area contributed by atoms with Crippen LogP contribution in [0.15, 0.2) is 46.9 Å². The van der Waals surface area contributed by atoms with Crippen molar-refractivity contribution < 1.29 is 9.21 Å². The minimum Gasteiger partial charge on any atom is -0.441 e. The number of aromatic nitrogens is 1. The van der Waals surface area contributed by atoms with Gasteiger partial charge in [0.15, 0.2) is 11.5 Å². The lowest BCUT2D eigenvalue weighted by molar-refractivity contribution is -0.120. The normalized spacial score (nSPS) is 10.8. The first-order valence-corrected chi connectivity index (χ1v) is 7.29.